The summed E-state index contributed by atoms with van der Waals surface area (Å²) in [7, 11) is 0. The molecule has 0 atom stereocenters. The van der Waals surface area contributed by atoms with Crippen molar-refractivity contribution in [2.75, 3.05) is 0 Å². The Labute approximate surface area is 320 Å². The highest BCUT2D eigenvalue weighted by molar-refractivity contribution is 6.07. The van der Waals surface area contributed by atoms with Gasteiger partial charge in [0.2, 0.25) is 0 Å². The third kappa shape index (κ3) is 14.2. The molecule has 0 bridgehead atoms. The summed E-state index contributed by atoms with van der Waals surface area (Å²) in [5, 5.41) is 2.71. The zero-order valence-electron chi connectivity index (χ0n) is 35.1. The molecule has 5 aromatic carbocycles. The van der Waals surface area contributed by atoms with Gasteiger partial charge >= 0.3 is 0 Å². The Morgan fingerprint density at radius 2 is 0.769 bits per heavy atom. The molecule has 1 aromatic heterocycles. The van der Waals surface area contributed by atoms with Crippen molar-refractivity contribution in [1.82, 2.24) is 4.57 Å². The lowest BCUT2D eigenvalue weighted by Gasteiger charge is -2.02. The molecule has 280 valence electrons. The van der Waals surface area contributed by atoms with Crippen LogP contribution in [-0.2, 0) is 25.8 Å². The first kappa shape index (κ1) is 47.4. The third-order valence-electron chi connectivity index (χ3n) is 8.08. The number of nitrogens with zero attached hydrogens (tertiary/aromatic N) is 1. The molecule has 0 saturated heterocycles. The van der Waals surface area contributed by atoms with Crippen LogP contribution < -0.4 is 0 Å². The number of aromatic nitrogens is 1. The highest BCUT2D eigenvalue weighted by atomic mass is 15.0. The maximum atomic E-state index is 2.37. The van der Waals surface area contributed by atoms with Crippen LogP contribution in [0.2, 0.25) is 0 Å². The first-order valence-corrected chi connectivity index (χ1v) is 20.1. The lowest BCUT2D eigenvalue weighted by molar-refractivity contribution is 0.827. The minimum atomic E-state index is 1.02. The molecule has 0 aliphatic heterocycles. The van der Waals surface area contributed by atoms with Crippen molar-refractivity contribution in [3.63, 3.8) is 0 Å². The number of aryl methyl sites for hydroxylation is 3. The number of benzene rings is 5. The van der Waals surface area contributed by atoms with Gasteiger partial charge in [-0.2, -0.15) is 0 Å². The second-order valence-electron chi connectivity index (χ2n) is 10.8. The predicted molar refractivity (Wildman–Crippen MR) is 240 cm³/mol. The largest absolute Gasteiger partial charge is 0.341 e. The Morgan fingerprint density at radius 1 is 0.442 bits per heavy atom. The molecule has 0 amide bonds. The van der Waals surface area contributed by atoms with Crippen molar-refractivity contribution in [3.8, 4) is 11.1 Å². The van der Waals surface area contributed by atoms with E-state index in [9.17, 15) is 0 Å². The summed E-state index contributed by atoms with van der Waals surface area (Å²) in [4.78, 5) is 0. The van der Waals surface area contributed by atoms with Crippen molar-refractivity contribution in [2.45, 2.75) is 116 Å². The van der Waals surface area contributed by atoms with Crippen molar-refractivity contribution >= 4 is 21.8 Å². The number of fused-ring (bicyclic) bond motifs is 6. The molecule has 0 spiro atoms. The lowest BCUT2D eigenvalue weighted by Crippen LogP contribution is -1.91. The summed E-state index contributed by atoms with van der Waals surface area (Å²) in [6.45, 7) is 27.6. The van der Waals surface area contributed by atoms with E-state index in [0.29, 0.717) is 0 Å². The highest BCUT2D eigenvalue weighted by Gasteiger charge is 2.15. The smallest absolute Gasteiger partial charge is 0.0491 e. The summed E-state index contributed by atoms with van der Waals surface area (Å²) < 4.78 is 2.37. The van der Waals surface area contributed by atoms with Gasteiger partial charge in [-0.3, -0.25) is 0 Å². The molecule has 6 aromatic rings. The first-order valence-electron chi connectivity index (χ1n) is 20.1. The lowest BCUT2D eigenvalue weighted by atomic mass is 10.0. The van der Waals surface area contributed by atoms with Gasteiger partial charge in [0, 0.05) is 28.4 Å². The maximum Gasteiger partial charge on any atom is 0.0491 e. The Hall–Kier alpha value is -4.62. The SMILES string of the molecule is C/C=C\C=C/C.CC.CC.CC.CC.CCc1ccccc1CC.CCn1c2ccccc2c2ccccc21.c1ccc2c(c1)Cc1ccccc1-2. The average Bonchev–Trinajstić information content (AvgIpc) is 3.79. The molecule has 7 rings (SSSR count). The van der Waals surface area contributed by atoms with Crippen LogP contribution in [0.4, 0.5) is 0 Å². The quantitative estimate of drug-likeness (QED) is 0.161. The van der Waals surface area contributed by atoms with Crippen molar-refractivity contribution in [1.29, 1.82) is 0 Å². The molecule has 0 fully saturated rings. The average molecular weight is 698 g/mol. The zero-order chi connectivity index (χ0) is 39.1. The number of rotatable bonds is 4. The second-order valence-corrected chi connectivity index (χ2v) is 10.8. The van der Waals surface area contributed by atoms with Gasteiger partial charge in [-0.25, -0.2) is 0 Å². The molecule has 1 aliphatic carbocycles. The third-order valence-corrected chi connectivity index (χ3v) is 8.08. The topological polar surface area (TPSA) is 4.93 Å². The molecule has 0 unspecified atom stereocenters. The van der Waals surface area contributed by atoms with Crippen LogP contribution in [0.3, 0.4) is 0 Å². The van der Waals surface area contributed by atoms with E-state index in [1.54, 1.807) is 0 Å². The summed E-state index contributed by atoms with van der Waals surface area (Å²) in [5.74, 6) is 0. The van der Waals surface area contributed by atoms with Gasteiger partial charge in [0.25, 0.3) is 0 Å². The van der Waals surface area contributed by atoms with Crippen LogP contribution in [0, 0.1) is 0 Å². The molecule has 0 radical (unpaired) electrons. The van der Waals surface area contributed by atoms with Gasteiger partial charge < -0.3 is 4.57 Å². The fourth-order valence-electron chi connectivity index (χ4n) is 5.89. The number of hydrogen-bond acceptors (Lipinski definition) is 0. The molecule has 52 heavy (non-hydrogen) atoms. The second kappa shape index (κ2) is 30.0. The molecule has 1 heterocycles. The predicted octanol–water partition coefficient (Wildman–Crippen LogP) is 16.1. The number of hydrogen-bond donors (Lipinski definition) is 0. The Bertz CT molecular complexity index is 1680. The van der Waals surface area contributed by atoms with Crippen molar-refractivity contribution < 1.29 is 0 Å². The normalized spacial score (nSPS) is 10.0. The van der Waals surface area contributed by atoms with Gasteiger partial charge in [-0.05, 0) is 85.5 Å². The Kier molecular flexibility index (Phi) is 27.4. The van der Waals surface area contributed by atoms with Crippen LogP contribution >= 0.6 is 0 Å². The standard InChI is InChI=1S/C14H13N.C13H10.C10H14.C6H10.4C2H6/c1-2-15-13-9-5-3-7-11(13)12-8-4-6-10-14(12)15;1-3-7-12-10(5-1)9-11-6-2-4-8-13(11)12;1-3-9-7-5-6-8-10(9)4-2;1-3-5-6-4-2;4*1-2/h3-10H,2H2,1H3;1-8H,9H2;5-8H,3-4H2,1-2H3;3-6H,1-2H3;4*1-2H3/b;;;5-3-,6-4-;;;;. The monoisotopic (exact) mass is 698 g/mol. The number of allylic oxidation sites excluding steroid dienone is 4. The van der Waals surface area contributed by atoms with Crippen LogP contribution in [0.15, 0.2) is 146 Å². The van der Waals surface area contributed by atoms with Gasteiger partial charge in [-0.1, -0.05) is 203 Å². The number of para-hydroxylation sites is 2. The maximum absolute atomic E-state index is 2.37. The van der Waals surface area contributed by atoms with Crippen molar-refractivity contribution in [3.05, 3.63) is 168 Å². The molecule has 1 heteroatoms. The van der Waals surface area contributed by atoms with Crippen LogP contribution in [0.25, 0.3) is 32.9 Å². The highest BCUT2D eigenvalue weighted by Crippen LogP contribution is 2.35. The summed E-state index contributed by atoms with van der Waals surface area (Å²) >= 11 is 0. The molecular formula is C51H71N. The fraction of sp³-hybridized carbons (Fsp3) is 0.333. The van der Waals surface area contributed by atoms with E-state index in [1.165, 1.54) is 55.2 Å². The Morgan fingerprint density at radius 3 is 1.12 bits per heavy atom. The van der Waals surface area contributed by atoms with E-state index < -0.39 is 0 Å². The van der Waals surface area contributed by atoms with Crippen molar-refractivity contribution in [2.24, 2.45) is 0 Å². The van der Waals surface area contributed by atoms with E-state index in [2.05, 4.69) is 147 Å². The van der Waals surface area contributed by atoms with Crippen LogP contribution in [0.1, 0.15) is 112 Å². The molecule has 0 saturated carbocycles. The van der Waals surface area contributed by atoms with Gasteiger partial charge in [0.15, 0.2) is 0 Å². The van der Waals surface area contributed by atoms with E-state index in [0.717, 1.165) is 25.8 Å². The minimum absolute atomic E-state index is 1.02. The van der Waals surface area contributed by atoms with E-state index in [-0.39, 0.29) is 0 Å². The molecule has 1 aliphatic rings. The van der Waals surface area contributed by atoms with Crippen LogP contribution in [0.5, 0.6) is 0 Å². The first-order chi connectivity index (χ1) is 25.7. The van der Waals surface area contributed by atoms with Gasteiger partial charge in [-0.15, -0.1) is 0 Å². The van der Waals surface area contributed by atoms with E-state index >= 15 is 0 Å². The summed E-state index contributed by atoms with van der Waals surface area (Å²) in [5.41, 5.74) is 11.4. The molecule has 1 nitrogen and oxygen atoms in total. The minimum Gasteiger partial charge on any atom is -0.341 e. The molecular weight excluding hydrogens is 627 g/mol. The Balaban J connectivity index is 0.000000648. The summed E-state index contributed by atoms with van der Waals surface area (Å²) in [6.07, 6.45) is 11.4. The molecule has 0 N–H and O–H groups in total. The van der Waals surface area contributed by atoms with E-state index in [4.69, 9.17) is 0 Å². The summed E-state index contributed by atoms with van der Waals surface area (Å²) in [6, 6.07) is 43.1. The van der Waals surface area contributed by atoms with Gasteiger partial charge in [0.05, 0.1) is 0 Å². The fourth-order valence-corrected chi connectivity index (χ4v) is 5.89. The van der Waals surface area contributed by atoms with E-state index in [1.807, 2.05) is 93.5 Å². The van der Waals surface area contributed by atoms with Crippen LogP contribution in [-0.4, -0.2) is 4.57 Å². The zero-order valence-corrected chi connectivity index (χ0v) is 35.1. The van der Waals surface area contributed by atoms with Gasteiger partial charge in [0.1, 0.15) is 0 Å².